The molecule has 2 aliphatic rings. The molecule has 1 saturated heterocycles. The van der Waals surface area contributed by atoms with Crippen molar-refractivity contribution in [2.75, 3.05) is 26.4 Å². The van der Waals surface area contributed by atoms with E-state index >= 15 is 0 Å². The molecular formula is C26H30N2O6. The van der Waals surface area contributed by atoms with E-state index in [0.717, 1.165) is 22.3 Å². The number of carbonyl (C=O) groups excluding carboxylic acids is 2. The lowest BCUT2D eigenvalue weighted by Crippen LogP contribution is -2.49. The Bertz CT molecular complexity index is 1040. The minimum absolute atomic E-state index is 0.00578. The first kappa shape index (κ1) is 23.8. The predicted octanol–water partition coefficient (Wildman–Crippen LogP) is 3.16. The van der Waals surface area contributed by atoms with Crippen LogP contribution in [0.15, 0.2) is 48.5 Å². The van der Waals surface area contributed by atoms with Crippen LogP contribution in [0.5, 0.6) is 0 Å². The molecular weight excluding hydrogens is 436 g/mol. The van der Waals surface area contributed by atoms with Crippen molar-refractivity contribution in [1.29, 1.82) is 0 Å². The van der Waals surface area contributed by atoms with E-state index in [4.69, 9.17) is 9.47 Å². The number of alkyl carbamates (subject to hydrolysis) is 1. The van der Waals surface area contributed by atoms with E-state index in [-0.39, 0.29) is 38.2 Å². The molecule has 1 aliphatic heterocycles. The number of carbonyl (C=O) groups is 3. The molecule has 0 bridgehead atoms. The summed E-state index contributed by atoms with van der Waals surface area (Å²) in [6.45, 7) is 3.87. The average Bonchev–Trinajstić information content (AvgIpc) is 3.43. The largest absolute Gasteiger partial charge is 0.481 e. The maximum absolute atomic E-state index is 12.7. The van der Waals surface area contributed by atoms with Crippen molar-refractivity contribution in [3.05, 3.63) is 59.7 Å². The van der Waals surface area contributed by atoms with Gasteiger partial charge in [-0.15, -0.1) is 0 Å². The smallest absolute Gasteiger partial charge is 0.407 e. The first-order valence-electron chi connectivity index (χ1n) is 11.5. The first-order chi connectivity index (χ1) is 16.3. The maximum Gasteiger partial charge on any atom is 0.407 e. The van der Waals surface area contributed by atoms with Crippen LogP contribution < -0.4 is 10.6 Å². The third-order valence-electron chi connectivity index (χ3n) is 7.01. The Balaban J connectivity index is 1.34. The highest BCUT2D eigenvalue weighted by molar-refractivity contribution is 5.82. The minimum atomic E-state index is -1.05. The van der Waals surface area contributed by atoms with Crippen molar-refractivity contribution >= 4 is 18.0 Å². The summed E-state index contributed by atoms with van der Waals surface area (Å²) in [6, 6.07) is 15.6. The molecule has 34 heavy (non-hydrogen) atoms. The topological polar surface area (TPSA) is 114 Å². The van der Waals surface area contributed by atoms with Gasteiger partial charge in [-0.1, -0.05) is 55.5 Å². The number of aliphatic carboxylic acids is 1. The van der Waals surface area contributed by atoms with E-state index in [1.165, 1.54) is 0 Å². The summed E-state index contributed by atoms with van der Waals surface area (Å²) in [5.41, 5.74) is 3.48. The highest BCUT2D eigenvalue weighted by atomic mass is 16.5. The molecule has 0 radical (unpaired) electrons. The average molecular weight is 467 g/mol. The number of benzene rings is 2. The van der Waals surface area contributed by atoms with Crippen LogP contribution in [-0.4, -0.2) is 55.5 Å². The zero-order valence-corrected chi connectivity index (χ0v) is 19.4. The van der Waals surface area contributed by atoms with Crippen LogP contribution in [0.3, 0.4) is 0 Å². The number of ether oxygens (including phenoxy) is 2. The summed E-state index contributed by atoms with van der Waals surface area (Å²) in [5, 5.41) is 14.9. The summed E-state index contributed by atoms with van der Waals surface area (Å²) in [4.78, 5) is 36.8. The van der Waals surface area contributed by atoms with Gasteiger partial charge in [-0.2, -0.15) is 0 Å². The van der Waals surface area contributed by atoms with Gasteiger partial charge >= 0.3 is 12.1 Å². The van der Waals surface area contributed by atoms with Crippen LogP contribution in [-0.2, 0) is 19.1 Å². The van der Waals surface area contributed by atoms with Gasteiger partial charge in [0.1, 0.15) is 6.61 Å². The number of rotatable bonds is 8. The Labute approximate surface area is 198 Å². The lowest BCUT2D eigenvalue weighted by molar-refractivity contribution is -0.148. The Morgan fingerprint density at radius 2 is 1.68 bits per heavy atom. The second-order valence-electron chi connectivity index (χ2n) is 9.16. The van der Waals surface area contributed by atoms with Crippen molar-refractivity contribution in [3.63, 3.8) is 0 Å². The highest BCUT2D eigenvalue weighted by Crippen LogP contribution is 2.44. The molecule has 2 aromatic carbocycles. The van der Waals surface area contributed by atoms with E-state index in [0.29, 0.717) is 6.42 Å². The van der Waals surface area contributed by atoms with Gasteiger partial charge < -0.3 is 25.2 Å². The van der Waals surface area contributed by atoms with Crippen LogP contribution in [0.1, 0.15) is 37.3 Å². The fourth-order valence-electron chi connectivity index (χ4n) is 4.51. The third kappa shape index (κ3) is 4.63. The summed E-state index contributed by atoms with van der Waals surface area (Å²) in [7, 11) is 0. The molecule has 4 rings (SSSR count). The molecule has 1 heterocycles. The standard InChI is InChI=1S/C26H30N2O6/c1-3-26(2,24(30)31)15-27-23(29)21-12-33-14-22(21)28-25(32)34-13-20-18-10-6-4-8-16(18)17-9-5-7-11-19(17)20/h4-11,20-22H,3,12-15H2,1-2H3,(H,27,29)(H,28,32)(H,30,31). The van der Waals surface area contributed by atoms with Gasteiger partial charge in [0.05, 0.1) is 30.6 Å². The van der Waals surface area contributed by atoms with Gasteiger partial charge in [-0.05, 0) is 35.6 Å². The number of hydrogen-bond acceptors (Lipinski definition) is 5. The molecule has 0 spiro atoms. The monoisotopic (exact) mass is 466 g/mol. The molecule has 2 aromatic rings. The summed E-state index contributed by atoms with van der Waals surface area (Å²) in [6.07, 6.45) is -0.232. The Morgan fingerprint density at radius 3 is 2.26 bits per heavy atom. The van der Waals surface area contributed by atoms with Crippen LogP contribution in [0, 0.1) is 11.3 Å². The molecule has 3 N–H and O–H groups in total. The number of amides is 2. The van der Waals surface area contributed by atoms with Gasteiger partial charge in [0.25, 0.3) is 0 Å². The number of hydrogen-bond donors (Lipinski definition) is 3. The number of carboxylic acid groups (broad SMARTS) is 1. The van der Waals surface area contributed by atoms with E-state index in [1.54, 1.807) is 13.8 Å². The molecule has 8 nitrogen and oxygen atoms in total. The van der Waals surface area contributed by atoms with Crippen LogP contribution in [0.4, 0.5) is 4.79 Å². The van der Waals surface area contributed by atoms with Gasteiger partial charge in [0.2, 0.25) is 5.91 Å². The maximum atomic E-state index is 12.7. The van der Waals surface area contributed by atoms with E-state index < -0.39 is 29.4 Å². The number of fused-ring (bicyclic) bond motifs is 3. The Hall–Kier alpha value is -3.39. The Morgan fingerprint density at radius 1 is 1.06 bits per heavy atom. The molecule has 1 aliphatic carbocycles. The van der Waals surface area contributed by atoms with Crippen molar-refractivity contribution in [2.45, 2.75) is 32.2 Å². The first-order valence-corrected chi connectivity index (χ1v) is 11.5. The molecule has 3 unspecified atom stereocenters. The summed E-state index contributed by atoms with van der Waals surface area (Å²) in [5.74, 6) is -1.98. The molecule has 180 valence electrons. The van der Waals surface area contributed by atoms with Crippen molar-refractivity contribution in [2.24, 2.45) is 11.3 Å². The zero-order chi connectivity index (χ0) is 24.3. The summed E-state index contributed by atoms with van der Waals surface area (Å²) >= 11 is 0. The second kappa shape index (κ2) is 9.85. The highest BCUT2D eigenvalue weighted by Gasteiger charge is 2.38. The molecule has 0 aromatic heterocycles. The summed E-state index contributed by atoms with van der Waals surface area (Å²) < 4.78 is 11.0. The van der Waals surface area contributed by atoms with Gasteiger partial charge in [0.15, 0.2) is 0 Å². The SMILES string of the molecule is CCC(C)(CNC(=O)C1COCC1NC(=O)OCC1c2ccccc2-c2ccccc21)C(=O)O. The van der Waals surface area contributed by atoms with Crippen LogP contribution in [0.2, 0.25) is 0 Å². The quantitative estimate of drug-likeness (QED) is 0.551. The molecule has 8 heteroatoms. The normalized spacial score (nSPS) is 20.6. The van der Waals surface area contributed by atoms with E-state index in [2.05, 4.69) is 22.8 Å². The minimum Gasteiger partial charge on any atom is -0.481 e. The second-order valence-corrected chi connectivity index (χ2v) is 9.16. The fourth-order valence-corrected chi connectivity index (χ4v) is 4.51. The van der Waals surface area contributed by atoms with Gasteiger partial charge in [-0.25, -0.2) is 4.79 Å². The molecule has 1 fully saturated rings. The molecule has 0 saturated carbocycles. The molecule has 2 amide bonds. The number of carboxylic acids is 1. The van der Waals surface area contributed by atoms with Crippen molar-refractivity contribution < 1.29 is 29.0 Å². The zero-order valence-electron chi connectivity index (χ0n) is 19.4. The lowest BCUT2D eigenvalue weighted by atomic mass is 9.87. The lowest BCUT2D eigenvalue weighted by Gasteiger charge is -2.25. The van der Waals surface area contributed by atoms with Crippen LogP contribution >= 0.6 is 0 Å². The predicted molar refractivity (Wildman–Crippen MR) is 125 cm³/mol. The third-order valence-corrected chi connectivity index (χ3v) is 7.01. The van der Waals surface area contributed by atoms with Gasteiger partial charge in [0, 0.05) is 12.5 Å². The van der Waals surface area contributed by atoms with Crippen molar-refractivity contribution in [3.8, 4) is 11.1 Å². The van der Waals surface area contributed by atoms with Crippen LogP contribution in [0.25, 0.3) is 11.1 Å². The van der Waals surface area contributed by atoms with Crippen molar-refractivity contribution in [1.82, 2.24) is 10.6 Å². The van der Waals surface area contributed by atoms with Gasteiger partial charge in [-0.3, -0.25) is 9.59 Å². The number of nitrogens with one attached hydrogen (secondary N) is 2. The van der Waals surface area contributed by atoms with E-state index in [9.17, 15) is 19.5 Å². The fraction of sp³-hybridized carbons (Fsp3) is 0.423. The van der Waals surface area contributed by atoms with E-state index in [1.807, 2.05) is 36.4 Å². The molecule has 3 atom stereocenters. The Kier molecular flexibility index (Phi) is 6.88.